The van der Waals surface area contributed by atoms with E-state index in [9.17, 15) is 9.59 Å². The van der Waals surface area contributed by atoms with Crippen molar-refractivity contribution in [3.63, 3.8) is 0 Å². The highest BCUT2D eigenvalue weighted by Crippen LogP contribution is 2.34. The number of thioether (sulfide) groups is 1. The van der Waals surface area contributed by atoms with Crippen molar-refractivity contribution in [3.8, 4) is 0 Å². The molecule has 0 bridgehead atoms. The van der Waals surface area contributed by atoms with Gasteiger partial charge >= 0.3 is 5.97 Å². The van der Waals surface area contributed by atoms with Gasteiger partial charge in [0, 0.05) is 29.0 Å². The molecule has 0 unspecified atom stereocenters. The first-order chi connectivity index (χ1) is 10.5. The topological polar surface area (TPSA) is 92.2 Å². The zero-order chi connectivity index (χ0) is 16.1. The van der Waals surface area contributed by atoms with Gasteiger partial charge in [-0.3, -0.25) is 9.59 Å². The Balaban J connectivity index is 1.90. The zero-order valence-electron chi connectivity index (χ0n) is 12.4. The third kappa shape index (κ3) is 4.17. The smallest absolute Gasteiger partial charge is 0.305 e. The second-order valence-corrected chi connectivity index (χ2v) is 7.02. The van der Waals surface area contributed by atoms with E-state index in [0.29, 0.717) is 12.2 Å². The Morgan fingerprint density at radius 1 is 1.32 bits per heavy atom. The van der Waals surface area contributed by atoms with Gasteiger partial charge in [0.15, 0.2) is 0 Å². The fourth-order valence-corrected chi connectivity index (χ4v) is 3.96. The molecule has 118 valence electrons. The lowest BCUT2D eigenvalue weighted by Crippen LogP contribution is -2.26. The van der Waals surface area contributed by atoms with Crippen LogP contribution in [0.5, 0.6) is 0 Å². The quantitative estimate of drug-likeness (QED) is 0.594. The predicted molar refractivity (Wildman–Crippen MR) is 87.5 cm³/mol. The molecule has 22 heavy (non-hydrogen) atoms. The number of rotatable bonds is 7. The molecule has 1 amide bonds. The molecule has 2 N–H and O–H groups in total. The SMILES string of the molecule is Cc1sc2ncnc(SCCC(=O)NCCC(=O)O)c2c1C. The normalized spacial score (nSPS) is 10.8. The minimum Gasteiger partial charge on any atom is -0.481 e. The summed E-state index contributed by atoms with van der Waals surface area (Å²) >= 11 is 3.17. The highest BCUT2D eigenvalue weighted by atomic mass is 32.2. The van der Waals surface area contributed by atoms with Crippen molar-refractivity contribution in [2.75, 3.05) is 12.3 Å². The molecule has 8 heteroatoms. The van der Waals surface area contributed by atoms with Gasteiger partial charge < -0.3 is 10.4 Å². The third-order valence-electron chi connectivity index (χ3n) is 3.16. The van der Waals surface area contributed by atoms with Crippen LogP contribution in [0.1, 0.15) is 23.3 Å². The van der Waals surface area contributed by atoms with Crippen LogP contribution in [0.25, 0.3) is 10.2 Å². The standard InChI is InChI=1S/C14H17N3O3S2/c1-8-9(2)22-14-12(8)13(16-7-17-14)21-6-4-10(18)15-5-3-11(19)20/h7H,3-6H2,1-2H3,(H,15,18)(H,19,20). The molecule has 0 saturated carbocycles. The van der Waals surface area contributed by atoms with Crippen LogP contribution in [-0.2, 0) is 9.59 Å². The first kappa shape index (κ1) is 16.7. The average Bonchev–Trinajstić information content (AvgIpc) is 2.74. The summed E-state index contributed by atoms with van der Waals surface area (Å²) in [5.41, 5.74) is 1.19. The summed E-state index contributed by atoms with van der Waals surface area (Å²) in [5.74, 6) is -0.460. The van der Waals surface area contributed by atoms with Gasteiger partial charge in [0.1, 0.15) is 16.2 Å². The number of hydrogen-bond acceptors (Lipinski definition) is 6. The number of fused-ring (bicyclic) bond motifs is 1. The molecule has 2 rings (SSSR count). The first-order valence-electron chi connectivity index (χ1n) is 6.81. The van der Waals surface area contributed by atoms with Crippen molar-refractivity contribution in [1.29, 1.82) is 0 Å². The molecule has 2 heterocycles. The largest absolute Gasteiger partial charge is 0.481 e. The molecule has 0 radical (unpaired) electrons. The van der Waals surface area contributed by atoms with Crippen LogP contribution in [0.3, 0.4) is 0 Å². The maximum Gasteiger partial charge on any atom is 0.305 e. The van der Waals surface area contributed by atoms with Gasteiger partial charge in [0.2, 0.25) is 5.91 Å². The molecular formula is C14H17N3O3S2. The van der Waals surface area contributed by atoms with E-state index in [4.69, 9.17) is 5.11 Å². The van der Waals surface area contributed by atoms with Crippen LogP contribution < -0.4 is 5.32 Å². The number of carboxylic acids is 1. The molecule has 0 aliphatic carbocycles. The lowest BCUT2D eigenvalue weighted by Gasteiger charge is -2.04. The van der Waals surface area contributed by atoms with E-state index < -0.39 is 5.97 Å². The predicted octanol–water partition coefficient (Wildman–Crippen LogP) is 2.38. The molecule has 2 aromatic heterocycles. The number of aryl methyl sites for hydroxylation is 2. The van der Waals surface area contributed by atoms with Crippen LogP contribution in [0.15, 0.2) is 11.4 Å². The molecular weight excluding hydrogens is 322 g/mol. The van der Waals surface area contributed by atoms with Gasteiger partial charge in [-0.15, -0.1) is 23.1 Å². The molecule has 6 nitrogen and oxygen atoms in total. The molecule has 0 saturated heterocycles. The summed E-state index contributed by atoms with van der Waals surface area (Å²) in [6.45, 7) is 4.28. The van der Waals surface area contributed by atoms with Gasteiger partial charge in [0.05, 0.1) is 6.42 Å². The highest BCUT2D eigenvalue weighted by Gasteiger charge is 2.12. The summed E-state index contributed by atoms with van der Waals surface area (Å²) in [5, 5.41) is 13.1. The van der Waals surface area contributed by atoms with Crippen molar-refractivity contribution in [2.24, 2.45) is 0 Å². The molecule has 0 aliphatic heterocycles. The number of hydrogen-bond donors (Lipinski definition) is 2. The van der Waals surface area contributed by atoms with Crippen molar-refractivity contribution >= 4 is 45.2 Å². The Bertz CT molecular complexity index is 700. The van der Waals surface area contributed by atoms with E-state index in [1.54, 1.807) is 17.7 Å². The van der Waals surface area contributed by atoms with Crippen LogP contribution in [0, 0.1) is 13.8 Å². The maximum absolute atomic E-state index is 11.6. The molecule has 0 atom stereocenters. The van der Waals surface area contributed by atoms with E-state index >= 15 is 0 Å². The summed E-state index contributed by atoms with van der Waals surface area (Å²) in [4.78, 5) is 32.8. The minimum atomic E-state index is -0.915. The molecule has 2 aromatic rings. The fraction of sp³-hybridized carbons (Fsp3) is 0.429. The van der Waals surface area contributed by atoms with E-state index in [0.717, 1.165) is 15.2 Å². The number of carbonyl (C=O) groups excluding carboxylic acids is 1. The maximum atomic E-state index is 11.6. The average molecular weight is 339 g/mol. The van der Waals surface area contributed by atoms with Gasteiger partial charge in [-0.2, -0.15) is 0 Å². The lowest BCUT2D eigenvalue weighted by molar-refractivity contribution is -0.136. The van der Waals surface area contributed by atoms with Gasteiger partial charge in [-0.25, -0.2) is 9.97 Å². The van der Waals surface area contributed by atoms with Crippen molar-refractivity contribution in [1.82, 2.24) is 15.3 Å². The number of aliphatic carboxylic acids is 1. The van der Waals surface area contributed by atoms with Crippen LogP contribution in [0.2, 0.25) is 0 Å². The van der Waals surface area contributed by atoms with E-state index in [-0.39, 0.29) is 18.9 Å². The first-order valence-corrected chi connectivity index (χ1v) is 8.61. The number of amides is 1. The Morgan fingerprint density at radius 3 is 2.82 bits per heavy atom. The van der Waals surface area contributed by atoms with E-state index in [1.165, 1.54) is 22.2 Å². The lowest BCUT2D eigenvalue weighted by atomic mass is 10.2. The molecule has 0 aromatic carbocycles. The Kier molecular flexibility index (Phi) is 5.73. The highest BCUT2D eigenvalue weighted by molar-refractivity contribution is 7.99. The van der Waals surface area contributed by atoms with E-state index in [2.05, 4.69) is 29.1 Å². The fourth-order valence-electron chi connectivity index (χ4n) is 1.90. The van der Waals surface area contributed by atoms with Crippen molar-refractivity contribution < 1.29 is 14.7 Å². The second-order valence-electron chi connectivity index (χ2n) is 4.73. The number of nitrogens with one attached hydrogen (secondary N) is 1. The number of carboxylic acid groups (broad SMARTS) is 1. The summed E-state index contributed by atoms with van der Waals surface area (Å²) < 4.78 is 0. The summed E-state index contributed by atoms with van der Waals surface area (Å²) in [6, 6.07) is 0. The van der Waals surface area contributed by atoms with E-state index in [1.807, 2.05) is 0 Å². The Labute approximate surface area is 136 Å². The molecule has 0 spiro atoms. The van der Waals surface area contributed by atoms with Gasteiger partial charge in [0.25, 0.3) is 0 Å². The number of carbonyl (C=O) groups is 2. The molecule has 0 fully saturated rings. The van der Waals surface area contributed by atoms with Crippen LogP contribution in [-0.4, -0.2) is 39.2 Å². The minimum absolute atomic E-state index is 0.0568. The van der Waals surface area contributed by atoms with Crippen LogP contribution in [0.4, 0.5) is 0 Å². The van der Waals surface area contributed by atoms with Crippen molar-refractivity contribution in [2.45, 2.75) is 31.7 Å². The number of nitrogens with zero attached hydrogens (tertiary/aromatic N) is 2. The Hall–Kier alpha value is -1.67. The van der Waals surface area contributed by atoms with Gasteiger partial charge in [-0.1, -0.05) is 0 Å². The second kappa shape index (κ2) is 7.55. The zero-order valence-corrected chi connectivity index (χ0v) is 14.0. The monoisotopic (exact) mass is 339 g/mol. The molecule has 0 aliphatic rings. The summed E-state index contributed by atoms with van der Waals surface area (Å²) in [7, 11) is 0. The van der Waals surface area contributed by atoms with Gasteiger partial charge in [-0.05, 0) is 19.4 Å². The number of thiophene rings is 1. The Morgan fingerprint density at radius 2 is 2.09 bits per heavy atom. The third-order valence-corrected chi connectivity index (χ3v) is 5.27. The summed E-state index contributed by atoms with van der Waals surface area (Å²) in [6.07, 6.45) is 1.82. The number of aromatic nitrogens is 2. The van der Waals surface area contributed by atoms with Crippen molar-refractivity contribution in [3.05, 3.63) is 16.8 Å². The van der Waals surface area contributed by atoms with Crippen LogP contribution >= 0.6 is 23.1 Å².